The van der Waals surface area contributed by atoms with Crippen LogP contribution >= 0.6 is 11.6 Å². The van der Waals surface area contributed by atoms with Crippen molar-refractivity contribution >= 4 is 34.4 Å². The van der Waals surface area contributed by atoms with E-state index in [1.165, 1.54) is 0 Å². The number of nitrogens with zero attached hydrogens (tertiary/aromatic N) is 1. The summed E-state index contributed by atoms with van der Waals surface area (Å²) in [5.74, 6) is 0.0913. The van der Waals surface area contributed by atoms with Crippen LogP contribution in [0.25, 0.3) is 10.9 Å². The highest BCUT2D eigenvalue weighted by molar-refractivity contribution is 6.34. The molecule has 2 atom stereocenters. The molecule has 1 aromatic heterocycles. The number of pyridine rings is 1. The Labute approximate surface area is 225 Å². The summed E-state index contributed by atoms with van der Waals surface area (Å²) in [6, 6.07) is 19.7. The average Bonchev–Trinajstić information content (AvgIpc) is 3.36. The number of aryl methyl sites for hydroxylation is 1. The highest BCUT2D eigenvalue weighted by Gasteiger charge is 2.23. The van der Waals surface area contributed by atoms with E-state index in [2.05, 4.69) is 12.2 Å². The summed E-state index contributed by atoms with van der Waals surface area (Å²) in [5.41, 5.74) is 4.68. The molecule has 0 aliphatic carbocycles. The number of carboxylic acids is 1. The third-order valence-corrected chi connectivity index (χ3v) is 7.07. The number of aromatic nitrogens is 1. The van der Waals surface area contributed by atoms with Crippen molar-refractivity contribution in [2.75, 3.05) is 6.79 Å². The molecular weight excluding hydrogens is 504 g/mol. The molecule has 8 heteroatoms. The van der Waals surface area contributed by atoms with Gasteiger partial charge in [0, 0.05) is 23.4 Å². The van der Waals surface area contributed by atoms with Gasteiger partial charge in [0.1, 0.15) is 6.04 Å². The first kappa shape index (κ1) is 25.5. The molecule has 0 saturated heterocycles. The number of carbonyl (C=O) groups excluding carboxylic acids is 1. The topological polar surface area (TPSA) is 97.8 Å². The number of hydrogen-bond donors (Lipinski definition) is 2. The van der Waals surface area contributed by atoms with Gasteiger partial charge in [0.05, 0.1) is 16.1 Å². The summed E-state index contributed by atoms with van der Waals surface area (Å²) >= 11 is 6.19. The quantitative estimate of drug-likeness (QED) is 0.303. The minimum Gasteiger partial charge on any atom is -0.480 e. The van der Waals surface area contributed by atoms with Crippen molar-refractivity contribution in [2.24, 2.45) is 0 Å². The predicted octanol–water partition coefficient (Wildman–Crippen LogP) is 5.70. The van der Waals surface area contributed by atoms with E-state index in [9.17, 15) is 14.7 Å². The number of aliphatic carboxylic acids is 1. The van der Waals surface area contributed by atoms with Gasteiger partial charge in [-0.1, -0.05) is 48.9 Å². The number of fused-ring (bicyclic) bond motifs is 2. The number of benzene rings is 3. The first-order valence-electron chi connectivity index (χ1n) is 12.4. The van der Waals surface area contributed by atoms with E-state index in [-0.39, 0.29) is 29.7 Å². The van der Waals surface area contributed by atoms with Crippen molar-refractivity contribution in [2.45, 2.75) is 38.6 Å². The highest BCUT2D eigenvalue weighted by atomic mass is 35.5. The van der Waals surface area contributed by atoms with Crippen LogP contribution in [0.3, 0.4) is 0 Å². The van der Waals surface area contributed by atoms with Gasteiger partial charge in [0.25, 0.3) is 5.91 Å². The minimum atomic E-state index is -1.12. The lowest BCUT2D eigenvalue weighted by atomic mass is 9.96. The summed E-state index contributed by atoms with van der Waals surface area (Å²) in [7, 11) is 0. The molecule has 194 valence electrons. The molecule has 0 radical (unpaired) electrons. The van der Waals surface area contributed by atoms with Gasteiger partial charge < -0.3 is 19.9 Å². The Balaban J connectivity index is 1.29. The van der Waals surface area contributed by atoms with Crippen LogP contribution in [0.2, 0.25) is 5.02 Å². The highest BCUT2D eigenvalue weighted by Crippen LogP contribution is 2.34. The molecule has 0 spiro atoms. The summed E-state index contributed by atoms with van der Waals surface area (Å²) in [6.45, 7) is 4.15. The standard InChI is InChI=1S/C30H27ClN2O5/c1-17-4-3-5-22(31)28(17)29(34)33-25(30(35)36)14-20-6-9-24-21(13-20)8-10-23(32-24)18(2)12-19-7-11-26-27(15-19)38-16-37-26/h3-11,13,15,18,25H,12,14,16H2,1-2H3,(H,33,34)(H,35,36). The van der Waals surface area contributed by atoms with E-state index in [0.29, 0.717) is 5.56 Å². The minimum absolute atomic E-state index is 0.128. The summed E-state index contributed by atoms with van der Waals surface area (Å²) in [6.07, 6.45) is 0.931. The van der Waals surface area contributed by atoms with Crippen LogP contribution < -0.4 is 14.8 Å². The number of ether oxygens (including phenoxy) is 2. The number of nitrogens with one attached hydrogen (secondary N) is 1. The number of amides is 1. The molecule has 2 unspecified atom stereocenters. The van der Waals surface area contributed by atoms with E-state index in [1.807, 2.05) is 48.5 Å². The number of rotatable bonds is 8. The summed E-state index contributed by atoms with van der Waals surface area (Å²) in [4.78, 5) is 29.6. The maximum atomic E-state index is 12.8. The maximum Gasteiger partial charge on any atom is 0.326 e. The van der Waals surface area contributed by atoms with Crippen LogP contribution in [0.5, 0.6) is 11.5 Å². The second kappa shape index (κ2) is 10.7. The number of carboxylic acid groups (broad SMARTS) is 1. The molecule has 1 aliphatic heterocycles. The van der Waals surface area contributed by atoms with Crippen molar-refractivity contribution in [3.05, 3.63) is 99.7 Å². The summed E-state index contributed by atoms with van der Waals surface area (Å²) < 4.78 is 10.9. The fourth-order valence-electron chi connectivity index (χ4n) is 4.70. The van der Waals surface area contributed by atoms with Crippen molar-refractivity contribution in [1.82, 2.24) is 10.3 Å². The molecule has 2 heterocycles. The van der Waals surface area contributed by atoms with Crippen LogP contribution in [0.15, 0.2) is 66.7 Å². The summed E-state index contributed by atoms with van der Waals surface area (Å²) in [5, 5.41) is 13.6. The fourth-order valence-corrected chi connectivity index (χ4v) is 5.01. The SMILES string of the molecule is Cc1cccc(Cl)c1C(=O)NC(Cc1ccc2nc(C(C)Cc3ccc4c(c3)OCO4)ccc2c1)C(=O)O. The van der Waals surface area contributed by atoms with Crippen LogP contribution in [-0.2, 0) is 17.6 Å². The molecule has 1 amide bonds. The average molecular weight is 531 g/mol. The molecule has 1 aliphatic rings. The second-order valence-corrected chi connectivity index (χ2v) is 9.96. The number of halogens is 1. The van der Waals surface area contributed by atoms with Gasteiger partial charge in [-0.25, -0.2) is 4.79 Å². The monoisotopic (exact) mass is 530 g/mol. The first-order valence-corrected chi connectivity index (χ1v) is 12.7. The normalized spacial score (nSPS) is 13.8. The Bertz CT molecular complexity index is 1520. The molecule has 0 fully saturated rings. The van der Waals surface area contributed by atoms with Crippen molar-refractivity contribution in [3.63, 3.8) is 0 Å². The predicted molar refractivity (Wildman–Crippen MR) is 145 cm³/mol. The van der Waals surface area contributed by atoms with E-state index in [0.717, 1.165) is 45.6 Å². The zero-order chi connectivity index (χ0) is 26.8. The van der Waals surface area contributed by atoms with Crippen molar-refractivity contribution < 1.29 is 24.2 Å². The van der Waals surface area contributed by atoms with Gasteiger partial charge in [-0.15, -0.1) is 0 Å². The van der Waals surface area contributed by atoms with Crippen LogP contribution in [0, 0.1) is 6.92 Å². The van der Waals surface area contributed by atoms with Gasteiger partial charge >= 0.3 is 5.97 Å². The van der Waals surface area contributed by atoms with Gasteiger partial charge in [0.2, 0.25) is 6.79 Å². The largest absolute Gasteiger partial charge is 0.480 e. The molecule has 7 nitrogen and oxygen atoms in total. The molecule has 4 aromatic rings. The maximum absolute atomic E-state index is 12.8. The lowest BCUT2D eigenvalue weighted by Gasteiger charge is -2.17. The lowest BCUT2D eigenvalue weighted by molar-refractivity contribution is -0.139. The van der Waals surface area contributed by atoms with E-state index < -0.39 is 17.9 Å². The molecule has 5 rings (SSSR count). The van der Waals surface area contributed by atoms with Gasteiger partial charge in [0.15, 0.2) is 11.5 Å². The van der Waals surface area contributed by atoms with Crippen LogP contribution in [-0.4, -0.2) is 34.8 Å². The zero-order valence-corrected chi connectivity index (χ0v) is 21.8. The molecule has 0 saturated carbocycles. The molecule has 2 N–H and O–H groups in total. The van der Waals surface area contributed by atoms with Gasteiger partial charge in [-0.05, 0) is 66.4 Å². The number of carbonyl (C=O) groups is 2. The van der Waals surface area contributed by atoms with E-state index in [1.54, 1.807) is 25.1 Å². The smallest absolute Gasteiger partial charge is 0.326 e. The second-order valence-electron chi connectivity index (χ2n) is 9.56. The van der Waals surface area contributed by atoms with Gasteiger partial charge in [-0.2, -0.15) is 0 Å². The Hall–Kier alpha value is -4.10. The molecule has 38 heavy (non-hydrogen) atoms. The lowest BCUT2D eigenvalue weighted by Crippen LogP contribution is -2.42. The van der Waals surface area contributed by atoms with E-state index in [4.69, 9.17) is 26.1 Å². The van der Waals surface area contributed by atoms with Gasteiger partial charge in [-0.3, -0.25) is 9.78 Å². The van der Waals surface area contributed by atoms with E-state index >= 15 is 0 Å². The first-order chi connectivity index (χ1) is 18.3. The Kier molecular flexibility index (Phi) is 7.20. The Morgan fingerprint density at radius 1 is 1.00 bits per heavy atom. The Morgan fingerprint density at radius 2 is 1.76 bits per heavy atom. The van der Waals surface area contributed by atoms with Crippen molar-refractivity contribution in [3.8, 4) is 11.5 Å². The molecular formula is C30H27ClN2O5. The van der Waals surface area contributed by atoms with Crippen molar-refractivity contribution in [1.29, 1.82) is 0 Å². The molecule has 0 bridgehead atoms. The fraction of sp³-hybridized carbons (Fsp3) is 0.233. The zero-order valence-electron chi connectivity index (χ0n) is 21.0. The third-order valence-electron chi connectivity index (χ3n) is 6.75. The number of hydrogen-bond acceptors (Lipinski definition) is 5. The van der Waals surface area contributed by atoms with Crippen LogP contribution in [0.4, 0.5) is 0 Å². The molecule has 3 aromatic carbocycles. The Morgan fingerprint density at radius 3 is 2.55 bits per heavy atom. The third kappa shape index (κ3) is 5.43. The van der Waals surface area contributed by atoms with Crippen LogP contribution in [0.1, 0.15) is 45.6 Å².